The minimum atomic E-state index is -0.0521. The lowest BCUT2D eigenvalue weighted by molar-refractivity contribution is -0.113. The summed E-state index contributed by atoms with van der Waals surface area (Å²) >= 11 is 0. The number of ether oxygens (including phenoxy) is 2. The zero-order valence-electron chi connectivity index (χ0n) is 16.5. The van der Waals surface area contributed by atoms with Crippen molar-refractivity contribution in [3.63, 3.8) is 0 Å². The summed E-state index contributed by atoms with van der Waals surface area (Å²) in [5.41, 5.74) is 2.70. The molecule has 1 fully saturated rings. The first-order valence-corrected chi connectivity index (χ1v) is 8.79. The molecule has 1 heterocycles. The Kier molecular flexibility index (Phi) is 7.31. The van der Waals surface area contributed by atoms with E-state index in [4.69, 9.17) is 9.47 Å². The fourth-order valence-electron chi connectivity index (χ4n) is 3.21. The summed E-state index contributed by atoms with van der Waals surface area (Å²) in [7, 11) is 4.91. The summed E-state index contributed by atoms with van der Waals surface area (Å²) in [4.78, 5) is 15.0. The first-order valence-electron chi connectivity index (χ1n) is 8.79. The highest BCUT2D eigenvalue weighted by atomic mass is 35.5. The number of Topliss-reactive ketones (excluding diaryl/α,β-unsaturated/α-hetero) is 1. The van der Waals surface area contributed by atoms with Crippen molar-refractivity contribution in [3.05, 3.63) is 58.7 Å². The molecule has 0 aliphatic carbocycles. The van der Waals surface area contributed by atoms with Crippen molar-refractivity contribution >= 4 is 30.3 Å². The first kappa shape index (κ1) is 22.3. The van der Waals surface area contributed by atoms with Gasteiger partial charge in [0, 0.05) is 24.2 Å². The minimum absolute atomic E-state index is 0. The zero-order valence-corrected chi connectivity index (χ0v) is 17.3. The molecule has 0 spiro atoms. The Bertz CT molecular complexity index is 892. The molecule has 1 saturated heterocycles. The number of hydrogen-bond acceptors (Lipinski definition) is 6. The van der Waals surface area contributed by atoms with E-state index in [2.05, 4.69) is 0 Å². The fourth-order valence-corrected chi connectivity index (χ4v) is 3.21. The molecule has 3 rings (SSSR count). The third-order valence-corrected chi connectivity index (χ3v) is 4.55. The molecule has 0 bridgehead atoms. The van der Waals surface area contributed by atoms with E-state index in [0.717, 1.165) is 11.1 Å². The summed E-state index contributed by atoms with van der Waals surface area (Å²) in [6.07, 6.45) is 3.55. The van der Waals surface area contributed by atoms with Crippen LogP contribution in [0.25, 0.3) is 12.2 Å². The Balaban J connectivity index is 0.00000300. The van der Waals surface area contributed by atoms with Gasteiger partial charge in [-0.2, -0.15) is 0 Å². The van der Waals surface area contributed by atoms with Crippen LogP contribution in [0.2, 0.25) is 0 Å². The number of benzene rings is 2. The molecule has 0 saturated carbocycles. The monoisotopic (exact) mass is 417 g/mol. The second-order valence-electron chi connectivity index (χ2n) is 6.70. The second-order valence-corrected chi connectivity index (χ2v) is 6.70. The molecule has 2 aromatic rings. The van der Waals surface area contributed by atoms with Crippen molar-refractivity contribution in [2.75, 3.05) is 34.4 Å². The molecule has 154 valence electrons. The number of carbonyl (C=O) groups is 1. The molecule has 2 aromatic carbocycles. The predicted octanol–water partition coefficient (Wildman–Crippen LogP) is 3.52. The van der Waals surface area contributed by atoms with Crippen LogP contribution in [0.4, 0.5) is 0 Å². The smallest absolute Gasteiger partial charge is 0.187 e. The maximum atomic E-state index is 13.0. The molecule has 2 N–H and O–H groups in total. The van der Waals surface area contributed by atoms with E-state index in [1.54, 1.807) is 48.6 Å². The first-order chi connectivity index (χ1) is 13.4. The fraction of sp³-hybridized carbons (Fsp3) is 0.227. The van der Waals surface area contributed by atoms with E-state index in [-0.39, 0.29) is 29.7 Å². The van der Waals surface area contributed by atoms with Gasteiger partial charge in [-0.3, -0.25) is 9.69 Å². The lowest BCUT2D eigenvalue weighted by Crippen LogP contribution is -2.34. The van der Waals surface area contributed by atoms with E-state index in [1.807, 2.05) is 11.9 Å². The number of phenols is 2. The van der Waals surface area contributed by atoms with E-state index in [0.29, 0.717) is 35.7 Å². The van der Waals surface area contributed by atoms with Gasteiger partial charge in [0.2, 0.25) is 0 Å². The van der Waals surface area contributed by atoms with Crippen LogP contribution in [-0.2, 0) is 4.79 Å². The molecular formula is C22H24ClNO5. The molecule has 6 nitrogen and oxygen atoms in total. The molecule has 0 aromatic heterocycles. The number of methoxy groups -OCH3 is 2. The standard InChI is InChI=1S/C22H23NO5.ClH/c1-23-12-16(8-14-4-6-20(27-2)18(24)10-14)22(26)17(13-23)9-15-5-7-21(28-3)19(25)11-15;/h4-11,24-25H,12-13H2,1-3H3;1H/b16-8-,17-9-;. The highest BCUT2D eigenvalue weighted by Gasteiger charge is 2.24. The summed E-state index contributed by atoms with van der Waals surface area (Å²) < 4.78 is 10.1. The maximum absolute atomic E-state index is 13.0. The van der Waals surface area contributed by atoms with Crippen LogP contribution in [-0.4, -0.2) is 55.3 Å². The van der Waals surface area contributed by atoms with E-state index in [9.17, 15) is 15.0 Å². The van der Waals surface area contributed by atoms with Crippen molar-refractivity contribution in [2.45, 2.75) is 0 Å². The van der Waals surface area contributed by atoms with E-state index < -0.39 is 0 Å². The normalized spacial score (nSPS) is 17.3. The number of likely N-dealkylation sites (tertiary alicyclic amines) is 1. The summed E-state index contributed by atoms with van der Waals surface area (Å²) in [5, 5.41) is 19.9. The number of carbonyl (C=O) groups excluding carboxylic acids is 1. The number of aromatic hydroxyl groups is 2. The van der Waals surface area contributed by atoms with Gasteiger partial charge in [-0.05, 0) is 54.6 Å². The largest absolute Gasteiger partial charge is 0.504 e. The van der Waals surface area contributed by atoms with Crippen molar-refractivity contribution in [2.24, 2.45) is 0 Å². The number of rotatable bonds is 4. The summed E-state index contributed by atoms with van der Waals surface area (Å²) in [5.74, 6) is 0.767. The van der Waals surface area contributed by atoms with Crippen molar-refractivity contribution < 1.29 is 24.5 Å². The van der Waals surface area contributed by atoms with Gasteiger partial charge in [0.1, 0.15) is 0 Å². The lowest BCUT2D eigenvalue weighted by atomic mass is 9.94. The predicted molar refractivity (Wildman–Crippen MR) is 115 cm³/mol. The van der Waals surface area contributed by atoms with Gasteiger partial charge >= 0.3 is 0 Å². The average Bonchev–Trinajstić information content (AvgIpc) is 2.66. The number of hydrogen-bond donors (Lipinski definition) is 2. The van der Waals surface area contributed by atoms with Crippen LogP contribution in [0.1, 0.15) is 11.1 Å². The molecule has 1 aliphatic heterocycles. The number of nitrogens with zero attached hydrogens (tertiary/aromatic N) is 1. The molecular weight excluding hydrogens is 394 g/mol. The lowest BCUT2D eigenvalue weighted by Gasteiger charge is -2.26. The minimum Gasteiger partial charge on any atom is -0.504 e. The Morgan fingerprint density at radius 3 is 1.62 bits per heavy atom. The Morgan fingerprint density at radius 2 is 1.28 bits per heavy atom. The molecule has 0 atom stereocenters. The number of likely N-dealkylation sites (N-methyl/N-ethyl adjacent to an activating group) is 1. The number of halogens is 1. The Labute approximate surface area is 176 Å². The van der Waals surface area contributed by atoms with E-state index >= 15 is 0 Å². The zero-order chi connectivity index (χ0) is 20.3. The topological polar surface area (TPSA) is 79.2 Å². The van der Waals surface area contributed by atoms with Crippen LogP contribution in [0.5, 0.6) is 23.0 Å². The maximum Gasteiger partial charge on any atom is 0.187 e. The molecule has 7 heteroatoms. The molecule has 0 unspecified atom stereocenters. The van der Waals surface area contributed by atoms with Crippen LogP contribution in [0, 0.1) is 0 Å². The van der Waals surface area contributed by atoms with Gasteiger partial charge < -0.3 is 19.7 Å². The quantitative estimate of drug-likeness (QED) is 0.741. The van der Waals surface area contributed by atoms with Crippen LogP contribution >= 0.6 is 12.4 Å². The summed E-state index contributed by atoms with van der Waals surface area (Å²) in [6.45, 7) is 1.02. The highest BCUT2D eigenvalue weighted by molar-refractivity contribution is 6.14. The van der Waals surface area contributed by atoms with Gasteiger partial charge in [0.05, 0.1) is 14.2 Å². The van der Waals surface area contributed by atoms with Gasteiger partial charge in [0.15, 0.2) is 28.8 Å². The molecule has 0 amide bonds. The Morgan fingerprint density at radius 1 is 0.862 bits per heavy atom. The van der Waals surface area contributed by atoms with Crippen molar-refractivity contribution in [3.8, 4) is 23.0 Å². The number of piperidine rings is 1. The average molecular weight is 418 g/mol. The summed E-state index contributed by atoms with van der Waals surface area (Å²) in [6, 6.07) is 10.0. The van der Waals surface area contributed by atoms with Gasteiger partial charge in [-0.1, -0.05) is 12.1 Å². The van der Waals surface area contributed by atoms with Crippen LogP contribution in [0.3, 0.4) is 0 Å². The Hall–Kier alpha value is -2.96. The van der Waals surface area contributed by atoms with Gasteiger partial charge in [-0.25, -0.2) is 0 Å². The second kappa shape index (κ2) is 9.49. The molecule has 1 aliphatic rings. The third kappa shape index (κ3) is 5.10. The van der Waals surface area contributed by atoms with Crippen LogP contribution in [0.15, 0.2) is 47.5 Å². The van der Waals surface area contributed by atoms with Crippen molar-refractivity contribution in [1.82, 2.24) is 4.90 Å². The SMILES string of the molecule is COc1ccc(/C=C2/CN(C)C/C(=C/c3ccc(OC)c(O)c3)C2=O)cc1O.Cl. The highest BCUT2D eigenvalue weighted by Crippen LogP contribution is 2.30. The number of phenolic OH excluding ortho intramolecular Hbond substituents is 2. The van der Waals surface area contributed by atoms with E-state index in [1.165, 1.54) is 14.2 Å². The molecule has 29 heavy (non-hydrogen) atoms. The van der Waals surface area contributed by atoms with Gasteiger partial charge in [-0.15, -0.1) is 12.4 Å². The number of ketones is 1. The van der Waals surface area contributed by atoms with Gasteiger partial charge in [0.25, 0.3) is 0 Å². The van der Waals surface area contributed by atoms with Crippen LogP contribution < -0.4 is 9.47 Å². The third-order valence-electron chi connectivity index (χ3n) is 4.55. The molecule has 0 radical (unpaired) electrons. The van der Waals surface area contributed by atoms with Crippen molar-refractivity contribution in [1.29, 1.82) is 0 Å².